The third-order valence-corrected chi connectivity index (χ3v) is 5.07. The summed E-state index contributed by atoms with van der Waals surface area (Å²) in [6, 6.07) is 16.0. The molecule has 0 bridgehead atoms. The number of fused-ring (bicyclic) bond motifs is 1. The first-order valence-corrected chi connectivity index (χ1v) is 9.31. The molecule has 4 rings (SSSR count). The number of aromatic nitrogens is 1. The highest BCUT2D eigenvalue weighted by Crippen LogP contribution is 2.30. The number of rotatable bonds is 4. The summed E-state index contributed by atoms with van der Waals surface area (Å²) in [5.74, 6) is 1.41. The van der Waals surface area contributed by atoms with Gasteiger partial charge in [-0.25, -0.2) is 4.98 Å². The Morgan fingerprint density at radius 2 is 2.04 bits per heavy atom. The Morgan fingerprint density at radius 3 is 2.86 bits per heavy atom. The van der Waals surface area contributed by atoms with E-state index in [4.69, 9.17) is 9.47 Å². The monoisotopic (exact) mass is 377 g/mol. The zero-order valence-corrected chi connectivity index (χ0v) is 16.0. The first-order valence-electron chi connectivity index (χ1n) is 9.31. The zero-order chi connectivity index (χ0) is 19.5. The van der Waals surface area contributed by atoms with Crippen molar-refractivity contribution in [3.05, 3.63) is 65.9 Å². The van der Waals surface area contributed by atoms with Crippen LogP contribution in [-0.2, 0) is 4.74 Å². The summed E-state index contributed by atoms with van der Waals surface area (Å²) in [5, 5.41) is 4.95. The second-order valence-corrected chi connectivity index (χ2v) is 6.73. The van der Waals surface area contributed by atoms with Crippen molar-refractivity contribution in [2.45, 2.75) is 6.10 Å². The van der Waals surface area contributed by atoms with Crippen LogP contribution in [-0.4, -0.2) is 44.7 Å². The van der Waals surface area contributed by atoms with Crippen molar-refractivity contribution in [1.29, 1.82) is 0 Å². The minimum absolute atomic E-state index is 0.0835. The normalized spacial score (nSPS) is 16.8. The first kappa shape index (κ1) is 18.3. The lowest BCUT2D eigenvalue weighted by Crippen LogP contribution is -2.40. The summed E-state index contributed by atoms with van der Waals surface area (Å²) in [6.07, 6.45) is 1.63. The molecular weight excluding hydrogens is 354 g/mol. The molecule has 0 aliphatic carbocycles. The van der Waals surface area contributed by atoms with E-state index >= 15 is 0 Å². The number of hydrogen-bond donors (Lipinski definition) is 1. The number of methoxy groups -OCH3 is 1. The molecule has 2 aromatic carbocycles. The number of pyridine rings is 1. The van der Waals surface area contributed by atoms with E-state index < -0.39 is 0 Å². The molecule has 2 heterocycles. The van der Waals surface area contributed by atoms with Gasteiger partial charge in [-0.05, 0) is 46.7 Å². The Morgan fingerprint density at radius 1 is 1.21 bits per heavy atom. The minimum Gasteiger partial charge on any atom is -0.497 e. The average molecular weight is 377 g/mol. The SMILES string of the molecule is CNC(=O)c1cccnc1N1CCO[C@H](c2ccc3cc(OC)ccc3c2)C1. The topological polar surface area (TPSA) is 63.7 Å². The Kier molecular flexibility index (Phi) is 5.12. The molecule has 1 aromatic heterocycles. The molecule has 6 nitrogen and oxygen atoms in total. The van der Waals surface area contributed by atoms with Gasteiger partial charge < -0.3 is 19.7 Å². The van der Waals surface area contributed by atoms with E-state index in [9.17, 15) is 4.79 Å². The van der Waals surface area contributed by atoms with Crippen molar-refractivity contribution in [1.82, 2.24) is 10.3 Å². The van der Waals surface area contributed by atoms with Crippen LogP contribution in [0.4, 0.5) is 5.82 Å². The highest BCUT2D eigenvalue weighted by atomic mass is 16.5. The fraction of sp³-hybridized carbons (Fsp3) is 0.273. The lowest BCUT2D eigenvalue weighted by molar-refractivity contribution is 0.0395. The molecule has 6 heteroatoms. The van der Waals surface area contributed by atoms with Crippen LogP contribution in [0.3, 0.4) is 0 Å². The maximum absolute atomic E-state index is 12.2. The smallest absolute Gasteiger partial charge is 0.254 e. The van der Waals surface area contributed by atoms with Crippen LogP contribution in [0.5, 0.6) is 5.75 Å². The quantitative estimate of drug-likeness (QED) is 0.757. The third kappa shape index (κ3) is 3.51. The number of carbonyl (C=O) groups excluding carboxylic acids is 1. The average Bonchev–Trinajstić information content (AvgIpc) is 2.77. The van der Waals surface area contributed by atoms with Gasteiger partial charge in [0.1, 0.15) is 17.7 Å². The second kappa shape index (κ2) is 7.86. The molecule has 1 aliphatic heterocycles. The van der Waals surface area contributed by atoms with Crippen LogP contribution in [0, 0.1) is 0 Å². The fourth-order valence-corrected chi connectivity index (χ4v) is 3.57. The van der Waals surface area contributed by atoms with Crippen molar-refractivity contribution < 1.29 is 14.3 Å². The van der Waals surface area contributed by atoms with E-state index in [1.807, 2.05) is 12.1 Å². The standard InChI is InChI=1S/C22H23N3O3/c1-23-22(26)19-4-3-9-24-21(19)25-10-11-28-20(14-25)17-6-5-16-13-18(27-2)8-7-15(16)12-17/h3-9,12-13,20H,10-11,14H2,1-2H3,(H,23,26)/t20-/m0/s1. The molecule has 144 valence electrons. The minimum atomic E-state index is -0.134. The Labute approximate surface area is 164 Å². The predicted molar refractivity (Wildman–Crippen MR) is 109 cm³/mol. The predicted octanol–water partition coefficient (Wildman–Crippen LogP) is 3.18. The molecule has 0 radical (unpaired) electrons. The number of morpholine rings is 1. The van der Waals surface area contributed by atoms with Gasteiger partial charge in [0.25, 0.3) is 5.91 Å². The van der Waals surface area contributed by atoms with E-state index in [1.54, 1.807) is 32.5 Å². The zero-order valence-electron chi connectivity index (χ0n) is 16.0. The van der Waals surface area contributed by atoms with Crippen molar-refractivity contribution in [3.63, 3.8) is 0 Å². The summed E-state index contributed by atoms with van der Waals surface area (Å²) < 4.78 is 11.3. The Hall–Kier alpha value is -3.12. The molecule has 1 N–H and O–H groups in total. The number of nitrogens with zero attached hydrogens (tertiary/aromatic N) is 2. The fourth-order valence-electron chi connectivity index (χ4n) is 3.57. The lowest BCUT2D eigenvalue weighted by Gasteiger charge is -2.34. The number of ether oxygens (including phenoxy) is 2. The molecule has 1 amide bonds. The molecule has 0 unspecified atom stereocenters. The number of anilines is 1. The van der Waals surface area contributed by atoms with E-state index in [0.717, 1.165) is 22.1 Å². The van der Waals surface area contributed by atoms with Gasteiger partial charge in [-0.2, -0.15) is 0 Å². The van der Waals surface area contributed by atoms with E-state index in [0.29, 0.717) is 31.1 Å². The molecular formula is C22H23N3O3. The van der Waals surface area contributed by atoms with Crippen LogP contribution in [0.15, 0.2) is 54.7 Å². The molecule has 0 spiro atoms. The van der Waals surface area contributed by atoms with Gasteiger partial charge in [0.05, 0.1) is 19.3 Å². The van der Waals surface area contributed by atoms with Gasteiger partial charge in [-0.3, -0.25) is 4.79 Å². The summed E-state index contributed by atoms with van der Waals surface area (Å²) in [6.45, 7) is 1.92. The summed E-state index contributed by atoms with van der Waals surface area (Å²) in [4.78, 5) is 18.8. The maximum atomic E-state index is 12.2. The van der Waals surface area contributed by atoms with Crippen LogP contribution in [0.1, 0.15) is 22.0 Å². The van der Waals surface area contributed by atoms with Crippen LogP contribution >= 0.6 is 0 Å². The van der Waals surface area contributed by atoms with Gasteiger partial charge in [0.2, 0.25) is 0 Å². The van der Waals surface area contributed by atoms with Crippen LogP contribution in [0.25, 0.3) is 10.8 Å². The van der Waals surface area contributed by atoms with Crippen molar-refractivity contribution >= 4 is 22.5 Å². The number of carbonyl (C=O) groups is 1. The second-order valence-electron chi connectivity index (χ2n) is 6.73. The number of nitrogens with one attached hydrogen (secondary N) is 1. The summed E-state index contributed by atoms with van der Waals surface area (Å²) in [7, 11) is 3.30. The van der Waals surface area contributed by atoms with Crippen LogP contribution in [0.2, 0.25) is 0 Å². The van der Waals surface area contributed by atoms with Gasteiger partial charge in [0.15, 0.2) is 0 Å². The van der Waals surface area contributed by atoms with E-state index in [2.05, 4.69) is 39.5 Å². The third-order valence-electron chi connectivity index (χ3n) is 5.07. The van der Waals surface area contributed by atoms with Crippen molar-refractivity contribution in [2.24, 2.45) is 0 Å². The Bertz CT molecular complexity index is 1010. The maximum Gasteiger partial charge on any atom is 0.254 e. The molecule has 3 aromatic rings. The highest BCUT2D eigenvalue weighted by molar-refractivity contribution is 5.98. The van der Waals surface area contributed by atoms with E-state index in [-0.39, 0.29) is 12.0 Å². The molecule has 1 aliphatic rings. The number of amides is 1. The van der Waals surface area contributed by atoms with Gasteiger partial charge in [-0.15, -0.1) is 0 Å². The lowest BCUT2D eigenvalue weighted by atomic mass is 10.0. The number of benzene rings is 2. The molecule has 1 atom stereocenters. The van der Waals surface area contributed by atoms with Crippen molar-refractivity contribution in [2.75, 3.05) is 38.8 Å². The van der Waals surface area contributed by atoms with Gasteiger partial charge in [-0.1, -0.05) is 18.2 Å². The summed E-state index contributed by atoms with van der Waals surface area (Å²) in [5.41, 5.74) is 1.69. The number of hydrogen-bond acceptors (Lipinski definition) is 5. The molecule has 1 fully saturated rings. The van der Waals surface area contributed by atoms with E-state index in [1.165, 1.54) is 0 Å². The first-order chi connectivity index (χ1) is 13.7. The summed E-state index contributed by atoms with van der Waals surface area (Å²) >= 11 is 0. The van der Waals surface area contributed by atoms with Gasteiger partial charge in [0, 0.05) is 26.3 Å². The largest absolute Gasteiger partial charge is 0.497 e. The molecule has 28 heavy (non-hydrogen) atoms. The highest BCUT2D eigenvalue weighted by Gasteiger charge is 2.26. The molecule has 1 saturated heterocycles. The van der Waals surface area contributed by atoms with Gasteiger partial charge >= 0.3 is 0 Å². The van der Waals surface area contributed by atoms with Crippen LogP contribution < -0.4 is 15.0 Å². The van der Waals surface area contributed by atoms with Crippen molar-refractivity contribution in [3.8, 4) is 5.75 Å². The Balaban J connectivity index is 1.61. The molecule has 0 saturated carbocycles.